The molecular weight excluding hydrogens is 375 g/mol. The van der Waals surface area contributed by atoms with Gasteiger partial charge in [-0.25, -0.2) is 0 Å². The van der Waals surface area contributed by atoms with E-state index in [1.165, 1.54) is 12.1 Å². The molecule has 7 heteroatoms. The average Bonchev–Trinajstić information content (AvgIpc) is 2.54. The molecule has 0 radical (unpaired) electrons. The summed E-state index contributed by atoms with van der Waals surface area (Å²) in [6, 6.07) is 2.96. The Morgan fingerprint density at radius 2 is 1.58 bits per heavy atom. The minimum Gasteiger partial charge on any atom is -0.465 e. The molecule has 0 fully saturated rings. The highest BCUT2D eigenvalue weighted by atomic mass is 35.5. The van der Waals surface area contributed by atoms with E-state index in [2.05, 4.69) is 0 Å². The van der Waals surface area contributed by atoms with Gasteiger partial charge in [0.15, 0.2) is 11.2 Å². The van der Waals surface area contributed by atoms with E-state index in [1.54, 1.807) is 13.8 Å². The monoisotopic (exact) mass is 394 g/mol. The highest BCUT2D eigenvalue weighted by molar-refractivity contribution is 6.44. The third-order valence-corrected chi connectivity index (χ3v) is 4.82. The van der Waals surface area contributed by atoms with Gasteiger partial charge < -0.3 is 9.47 Å². The molecule has 0 amide bonds. The Morgan fingerprint density at radius 3 is 2.08 bits per heavy atom. The Hall–Kier alpha value is -0.970. The molecule has 134 valence electrons. The van der Waals surface area contributed by atoms with Crippen molar-refractivity contribution < 1.29 is 19.1 Å². The minimum atomic E-state index is -1.41. The van der Waals surface area contributed by atoms with E-state index in [1.807, 2.05) is 13.8 Å². The Labute approximate surface area is 157 Å². The number of hydrogen-bond donors (Lipinski definition) is 0. The number of ether oxygens (including phenoxy) is 2. The molecule has 0 aliphatic carbocycles. The predicted octanol–water partition coefficient (Wildman–Crippen LogP) is 5.56. The van der Waals surface area contributed by atoms with Crippen LogP contribution in [0.15, 0.2) is 12.1 Å². The lowest BCUT2D eigenvalue weighted by atomic mass is 9.82. The predicted molar refractivity (Wildman–Crippen MR) is 95.9 cm³/mol. The summed E-state index contributed by atoms with van der Waals surface area (Å²) in [5.41, 5.74) is -1.41. The zero-order valence-corrected chi connectivity index (χ0v) is 16.4. The maximum absolute atomic E-state index is 12.7. The van der Waals surface area contributed by atoms with Crippen molar-refractivity contribution in [1.82, 2.24) is 0 Å². The molecule has 0 spiro atoms. The van der Waals surface area contributed by atoms with Crippen LogP contribution in [0.1, 0.15) is 40.5 Å². The van der Waals surface area contributed by atoms with Gasteiger partial charge in [0.2, 0.25) is 0 Å². The highest BCUT2D eigenvalue weighted by Crippen LogP contribution is 2.40. The summed E-state index contributed by atoms with van der Waals surface area (Å²) < 4.78 is 10.6. The summed E-state index contributed by atoms with van der Waals surface area (Å²) in [6.45, 7) is 7.51. The number of rotatable bonds is 7. The molecule has 0 unspecified atom stereocenters. The van der Waals surface area contributed by atoms with Gasteiger partial charge in [0.1, 0.15) is 5.02 Å². The Balaban J connectivity index is 3.11. The lowest BCUT2D eigenvalue weighted by molar-refractivity contribution is -0.168. The summed E-state index contributed by atoms with van der Waals surface area (Å²) in [4.78, 5) is 25.2. The summed E-state index contributed by atoms with van der Waals surface area (Å²) in [5, 5.41) is 0.355. The molecule has 0 saturated heterocycles. The molecule has 0 atom stereocenters. The first-order chi connectivity index (χ1) is 11.2. The number of benzene rings is 1. The third-order valence-electron chi connectivity index (χ3n) is 3.73. The fourth-order valence-electron chi connectivity index (χ4n) is 2.08. The van der Waals surface area contributed by atoms with E-state index in [0.29, 0.717) is 0 Å². The molecular formula is C17H21Cl3O4. The van der Waals surface area contributed by atoms with Crippen LogP contribution in [0, 0.1) is 11.3 Å². The van der Waals surface area contributed by atoms with Crippen molar-refractivity contribution in [3.63, 3.8) is 0 Å². The Morgan fingerprint density at radius 1 is 1.04 bits per heavy atom. The lowest BCUT2D eigenvalue weighted by Gasteiger charge is -2.27. The second kappa shape index (κ2) is 8.93. The quantitative estimate of drug-likeness (QED) is 0.262. The van der Waals surface area contributed by atoms with Crippen molar-refractivity contribution in [2.75, 3.05) is 6.61 Å². The van der Waals surface area contributed by atoms with Crippen LogP contribution in [0.2, 0.25) is 15.1 Å². The van der Waals surface area contributed by atoms with Gasteiger partial charge in [0.25, 0.3) is 0 Å². The highest BCUT2D eigenvalue weighted by Gasteiger charge is 2.46. The number of hydrogen-bond acceptors (Lipinski definition) is 4. The first-order valence-corrected chi connectivity index (χ1v) is 8.86. The zero-order chi connectivity index (χ0) is 18.5. The van der Waals surface area contributed by atoms with Crippen LogP contribution in [-0.4, -0.2) is 18.5 Å². The molecule has 1 aromatic carbocycles. The normalized spacial score (nSPS) is 11.5. The molecule has 0 aliphatic heterocycles. The van der Waals surface area contributed by atoms with Crippen molar-refractivity contribution in [2.24, 2.45) is 11.3 Å². The van der Waals surface area contributed by atoms with Crippen LogP contribution in [0.5, 0.6) is 5.75 Å². The smallest absolute Gasteiger partial charge is 0.328 e. The molecule has 1 aromatic rings. The summed E-state index contributed by atoms with van der Waals surface area (Å²) in [5.74, 6) is -1.26. The maximum Gasteiger partial charge on any atom is 0.328 e. The van der Waals surface area contributed by atoms with Crippen molar-refractivity contribution in [2.45, 2.75) is 40.5 Å². The Kier molecular flexibility index (Phi) is 7.84. The van der Waals surface area contributed by atoms with Crippen LogP contribution in [0.3, 0.4) is 0 Å². The van der Waals surface area contributed by atoms with Gasteiger partial charge in [-0.15, -0.1) is 0 Å². The molecule has 0 heterocycles. The number of carbonyl (C=O) groups excluding carboxylic acids is 2. The van der Waals surface area contributed by atoms with Gasteiger partial charge in [-0.2, -0.15) is 0 Å². The zero-order valence-electron chi connectivity index (χ0n) is 14.1. The van der Waals surface area contributed by atoms with E-state index >= 15 is 0 Å². The number of carbonyl (C=O) groups is 2. The first kappa shape index (κ1) is 21.1. The SMILES string of the molecule is CCC(CC)(C(=O)OCC(C)C)C(=O)Oc1c(Cl)ccc(Cl)c1Cl. The third kappa shape index (κ3) is 4.56. The van der Waals surface area contributed by atoms with Crippen molar-refractivity contribution >= 4 is 46.7 Å². The molecule has 0 saturated carbocycles. The van der Waals surface area contributed by atoms with E-state index in [4.69, 9.17) is 44.3 Å². The average molecular weight is 396 g/mol. The van der Waals surface area contributed by atoms with Crippen molar-refractivity contribution in [3.05, 3.63) is 27.2 Å². The van der Waals surface area contributed by atoms with Gasteiger partial charge in [-0.05, 0) is 30.9 Å². The van der Waals surface area contributed by atoms with Crippen LogP contribution in [-0.2, 0) is 14.3 Å². The maximum atomic E-state index is 12.7. The number of esters is 2. The second-order valence-electron chi connectivity index (χ2n) is 5.84. The molecule has 0 aliphatic rings. The standard InChI is InChI=1S/C17H21Cl3O4/c1-5-17(6-2,15(21)23-9-10(3)4)16(22)24-14-12(19)8-7-11(18)13(14)20/h7-8,10H,5-6,9H2,1-4H3. The molecule has 0 N–H and O–H groups in total. The summed E-state index contributed by atoms with van der Waals surface area (Å²) in [6.07, 6.45) is 0.462. The van der Waals surface area contributed by atoms with Gasteiger partial charge >= 0.3 is 11.9 Å². The van der Waals surface area contributed by atoms with E-state index in [-0.39, 0.29) is 46.2 Å². The largest absolute Gasteiger partial charge is 0.465 e. The van der Waals surface area contributed by atoms with E-state index in [9.17, 15) is 9.59 Å². The topological polar surface area (TPSA) is 52.6 Å². The van der Waals surface area contributed by atoms with Crippen LogP contribution in [0.25, 0.3) is 0 Å². The number of halogens is 3. The molecule has 24 heavy (non-hydrogen) atoms. The van der Waals surface area contributed by atoms with E-state index < -0.39 is 17.4 Å². The van der Waals surface area contributed by atoms with Gasteiger partial charge in [0, 0.05) is 0 Å². The first-order valence-electron chi connectivity index (χ1n) is 7.72. The Bertz CT molecular complexity index is 610. The van der Waals surface area contributed by atoms with E-state index in [0.717, 1.165) is 0 Å². The van der Waals surface area contributed by atoms with Gasteiger partial charge in [-0.1, -0.05) is 62.5 Å². The van der Waals surface area contributed by atoms with Crippen LogP contribution >= 0.6 is 34.8 Å². The molecule has 0 bridgehead atoms. The minimum absolute atomic E-state index is 0.0224. The van der Waals surface area contributed by atoms with Crippen molar-refractivity contribution in [3.8, 4) is 5.75 Å². The second-order valence-corrected chi connectivity index (χ2v) is 7.04. The van der Waals surface area contributed by atoms with Crippen molar-refractivity contribution in [1.29, 1.82) is 0 Å². The molecule has 0 aromatic heterocycles. The van der Waals surface area contributed by atoms with Crippen LogP contribution < -0.4 is 4.74 Å². The molecule has 1 rings (SSSR count). The fraction of sp³-hybridized carbons (Fsp3) is 0.529. The summed E-state index contributed by atoms with van der Waals surface area (Å²) >= 11 is 18.0. The van der Waals surface area contributed by atoms with Gasteiger partial charge in [-0.3, -0.25) is 9.59 Å². The summed E-state index contributed by atoms with van der Waals surface area (Å²) in [7, 11) is 0. The fourth-order valence-corrected chi connectivity index (χ4v) is 2.68. The lowest BCUT2D eigenvalue weighted by Crippen LogP contribution is -2.43. The van der Waals surface area contributed by atoms with Gasteiger partial charge in [0.05, 0.1) is 16.7 Å². The van der Waals surface area contributed by atoms with Crippen LogP contribution in [0.4, 0.5) is 0 Å². The molecule has 4 nitrogen and oxygen atoms in total.